The maximum absolute atomic E-state index is 4.57. The number of nitrogens with zero attached hydrogens (tertiary/aromatic N) is 3. The van der Waals surface area contributed by atoms with Gasteiger partial charge >= 0.3 is 0 Å². The van der Waals surface area contributed by atoms with Gasteiger partial charge in [0.05, 0.1) is 13.2 Å². The highest BCUT2D eigenvalue weighted by Gasteiger charge is 2.39. The van der Waals surface area contributed by atoms with Crippen LogP contribution in [0.1, 0.15) is 18.7 Å². The van der Waals surface area contributed by atoms with Gasteiger partial charge in [-0.05, 0) is 0 Å². The lowest BCUT2D eigenvalue weighted by Gasteiger charge is -2.38. The maximum atomic E-state index is 4.57. The zero-order valence-electron chi connectivity index (χ0n) is 10.8. The Morgan fingerprint density at radius 2 is 2.22 bits per heavy atom. The molecule has 2 aliphatic heterocycles. The lowest BCUT2D eigenvalue weighted by atomic mass is 10.0. The summed E-state index contributed by atoms with van der Waals surface area (Å²) in [5.41, 5.74) is 0. The minimum Gasteiger partial charge on any atom is -0.348 e. The minimum absolute atomic E-state index is 0.638. The first-order valence-electron chi connectivity index (χ1n) is 6.59. The molecule has 0 saturated carbocycles. The Morgan fingerprint density at radius 3 is 2.94 bits per heavy atom. The van der Waals surface area contributed by atoms with Gasteiger partial charge < -0.3 is 10.3 Å². The summed E-state index contributed by atoms with van der Waals surface area (Å²) >= 11 is 0. The first kappa shape index (κ1) is 11.6. The highest BCUT2D eigenvalue weighted by Crippen LogP contribution is 2.26. The van der Waals surface area contributed by atoms with Crippen molar-refractivity contribution in [3.05, 3.63) is 30.6 Å². The van der Waals surface area contributed by atoms with E-state index in [9.17, 15) is 0 Å². The van der Waals surface area contributed by atoms with Crippen molar-refractivity contribution < 1.29 is 4.48 Å². The Bertz CT molecular complexity index is 456. The molecule has 0 amide bonds. The van der Waals surface area contributed by atoms with Crippen molar-refractivity contribution in [3.63, 3.8) is 0 Å². The van der Waals surface area contributed by atoms with Crippen molar-refractivity contribution in [2.75, 3.05) is 20.1 Å². The van der Waals surface area contributed by atoms with Crippen molar-refractivity contribution in [2.24, 2.45) is 4.99 Å². The van der Waals surface area contributed by atoms with Gasteiger partial charge in [0.1, 0.15) is 24.5 Å². The molecule has 3 heterocycles. The number of likely N-dealkylation sites (N-methyl/N-ethyl adjacent to an activating group) is 1. The molecule has 5 heteroatoms. The Morgan fingerprint density at radius 1 is 1.39 bits per heavy atom. The summed E-state index contributed by atoms with van der Waals surface area (Å²) in [4.78, 5) is 12.0. The Kier molecular flexibility index (Phi) is 3.01. The van der Waals surface area contributed by atoms with E-state index in [0.717, 1.165) is 29.8 Å². The fraction of sp³-hybridized carbons (Fsp3) is 0.538. The largest absolute Gasteiger partial charge is 0.348 e. The zero-order valence-corrected chi connectivity index (χ0v) is 10.8. The van der Waals surface area contributed by atoms with E-state index in [-0.39, 0.29) is 0 Å². The van der Waals surface area contributed by atoms with Gasteiger partial charge in [0.25, 0.3) is 0 Å². The molecule has 18 heavy (non-hydrogen) atoms. The van der Waals surface area contributed by atoms with Gasteiger partial charge in [0.15, 0.2) is 0 Å². The van der Waals surface area contributed by atoms with Gasteiger partial charge in [-0.1, -0.05) is 0 Å². The second kappa shape index (κ2) is 4.66. The molecule has 0 bridgehead atoms. The summed E-state index contributed by atoms with van der Waals surface area (Å²) in [7, 11) is 2.27. The van der Waals surface area contributed by atoms with Gasteiger partial charge in [-0.2, -0.15) is 0 Å². The van der Waals surface area contributed by atoms with Gasteiger partial charge in [0.2, 0.25) is 5.84 Å². The van der Waals surface area contributed by atoms with Crippen LogP contribution in [0.5, 0.6) is 0 Å². The second-order valence-corrected chi connectivity index (χ2v) is 5.18. The van der Waals surface area contributed by atoms with Crippen molar-refractivity contribution >= 4 is 5.84 Å². The van der Waals surface area contributed by atoms with E-state index in [0.29, 0.717) is 6.04 Å². The number of aromatic amines is 1. The third-order valence-corrected chi connectivity index (χ3v) is 4.10. The molecule has 0 aromatic carbocycles. The average Bonchev–Trinajstić information content (AvgIpc) is 3.03. The SMILES string of the molecule is C[N+]1(C2CCNCC2)C=CN=C1Cc1ncc[nH]1. The molecular formula is C13H20N5+. The third-order valence-electron chi connectivity index (χ3n) is 4.10. The van der Waals surface area contributed by atoms with Crippen LogP contribution < -0.4 is 5.32 Å². The molecule has 1 aromatic heterocycles. The van der Waals surface area contributed by atoms with E-state index in [1.165, 1.54) is 18.7 Å². The summed E-state index contributed by atoms with van der Waals surface area (Å²) < 4.78 is 0.850. The number of amidine groups is 1. The lowest BCUT2D eigenvalue weighted by molar-refractivity contribution is -0.795. The summed E-state index contributed by atoms with van der Waals surface area (Å²) in [5, 5.41) is 3.42. The van der Waals surface area contributed by atoms with Crippen molar-refractivity contribution in [1.82, 2.24) is 15.3 Å². The first-order chi connectivity index (χ1) is 8.79. The topological polar surface area (TPSA) is 53.1 Å². The van der Waals surface area contributed by atoms with Crippen LogP contribution in [0.4, 0.5) is 0 Å². The fourth-order valence-corrected chi connectivity index (χ4v) is 2.90. The highest BCUT2D eigenvalue weighted by molar-refractivity contribution is 5.80. The summed E-state index contributed by atoms with van der Waals surface area (Å²) in [6.45, 7) is 2.22. The zero-order chi connectivity index (χ0) is 12.4. The van der Waals surface area contributed by atoms with Gasteiger partial charge in [-0.3, -0.25) is 4.48 Å². The summed E-state index contributed by atoms with van der Waals surface area (Å²) in [6, 6.07) is 0.638. The summed E-state index contributed by atoms with van der Waals surface area (Å²) in [5.74, 6) is 2.19. The maximum Gasteiger partial charge on any atom is 0.215 e. The quantitative estimate of drug-likeness (QED) is 0.783. The number of imidazole rings is 1. The van der Waals surface area contributed by atoms with Crippen LogP contribution in [-0.2, 0) is 6.42 Å². The first-order valence-corrected chi connectivity index (χ1v) is 6.59. The molecule has 1 unspecified atom stereocenters. The van der Waals surface area contributed by atoms with E-state index in [2.05, 4.69) is 33.5 Å². The van der Waals surface area contributed by atoms with Crippen molar-refractivity contribution in [2.45, 2.75) is 25.3 Å². The predicted octanol–water partition coefficient (Wildman–Crippen LogP) is 1.03. The number of hydrogen-bond acceptors (Lipinski definition) is 3. The molecule has 2 N–H and O–H groups in total. The number of aromatic nitrogens is 2. The molecule has 0 radical (unpaired) electrons. The van der Waals surface area contributed by atoms with Crippen LogP contribution in [0.25, 0.3) is 0 Å². The number of rotatable bonds is 3. The van der Waals surface area contributed by atoms with Crippen LogP contribution in [0.15, 0.2) is 29.8 Å². The molecule has 1 atom stereocenters. The highest BCUT2D eigenvalue weighted by atomic mass is 15.4. The molecule has 2 aliphatic rings. The van der Waals surface area contributed by atoms with E-state index < -0.39 is 0 Å². The second-order valence-electron chi connectivity index (χ2n) is 5.18. The number of nitrogens with one attached hydrogen (secondary N) is 2. The predicted molar refractivity (Wildman–Crippen MR) is 70.9 cm³/mol. The van der Waals surface area contributed by atoms with E-state index in [4.69, 9.17) is 0 Å². The Balaban J connectivity index is 1.77. The van der Waals surface area contributed by atoms with Crippen LogP contribution in [0.2, 0.25) is 0 Å². The summed E-state index contributed by atoms with van der Waals surface area (Å²) in [6.07, 6.45) is 11.0. The van der Waals surface area contributed by atoms with Crippen molar-refractivity contribution in [3.8, 4) is 0 Å². The Hall–Kier alpha value is -1.46. The van der Waals surface area contributed by atoms with Crippen LogP contribution in [-0.4, -0.2) is 46.5 Å². The minimum atomic E-state index is 0.638. The van der Waals surface area contributed by atoms with Crippen LogP contribution >= 0.6 is 0 Å². The number of hydrogen-bond donors (Lipinski definition) is 2. The number of piperidine rings is 1. The average molecular weight is 246 g/mol. The molecule has 1 aromatic rings. The molecule has 0 aliphatic carbocycles. The molecular weight excluding hydrogens is 226 g/mol. The smallest absolute Gasteiger partial charge is 0.215 e. The van der Waals surface area contributed by atoms with Gasteiger partial charge in [-0.25, -0.2) is 9.98 Å². The van der Waals surface area contributed by atoms with Crippen molar-refractivity contribution in [1.29, 1.82) is 0 Å². The van der Waals surface area contributed by atoms with Gasteiger partial charge in [0, 0.05) is 38.3 Å². The number of H-pyrrole nitrogens is 1. The van der Waals surface area contributed by atoms with Gasteiger partial charge in [-0.15, -0.1) is 0 Å². The third kappa shape index (κ3) is 2.00. The number of quaternary nitrogens is 1. The molecule has 96 valence electrons. The van der Waals surface area contributed by atoms with E-state index in [1.807, 2.05) is 12.4 Å². The fourth-order valence-electron chi connectivity index (χ4n) is 2.90. The Labute approximate surface area is 107 Å². The standard InChI is InChI=1S/C13H20N5/c1-18(11-2-4-14-5-3-11)9-8-17-13(18)10-12-15-6-7-16-12/h6-9,11,14H,2-5,10H2,1H3,(H,15,16)/q+1. The lowest BCUT2D eigenvalue weighted by Crippen LogP contribution is -2.55. The molecule has 3 rings (SSSR count). The molecule has 1 saturated heterocycles. The van der Waals surface area contributed by atoms with Crippen LogP contribution in [0.3, 0.4) is 0 Å². The normalized spacial score (nSPS) is 28.6. The van der Waals surface area contributed by atoms with Crippen LogP contribution in [0, 0.1) is 0 Å². The monoisotopic (exact) mass is 246 g/mol. The van der Waals surface area contributed by atoms with E-state index in [1.54, 1.807) is 6.20 Å². The number of aliphatic imine (C=N–C) groups is 1. The molecule has 5 nitrogen and oxygen atoms in total. The molecule has 0 spiro atoms. The molecule has 1 fully saturated rings. The van der Waals surface area contributed by atoms with E-state index >= 15 is 0 Å².